The summed E-state index contributed by atoms with van der Waals surface area (Å²) in [5, 5.41) is 9.11. The van der Waals surface area contributed by atoms with E-state index in [4.69, 9.17) is 8.83 Å². The van der Waals surface area contributed by atoms with Crippen LogP contribution in [0, 0.1) is 0 Å². The van der Waals surface area contributed by atoms with Gasteiger partial charge in [-0.15, -0.1) is 0 Å². The van der Waals surface area contributed by atoms with E-state index in [0.29, 0.717) is 0 Å². The minimum Gasteiger partial charge on any atom is -0.455 e. The number of para-hydroxylation sites is 2. The van der Waals surface area contributed by atoms with Gasteiger partial charge in [-0.3, -0.25) is 0 Å². The van der Waals surface area contributed by atoms with Crippen molar-refractivity contribution in [3.8, 4) is 22.3 Å². The van der Waals surface area contributed by atoms with E-state index in [2.05, 4.69) is 187 Å². The summed E-state index contributed by atoms with van der Waals surface area (Å²) in [7, 11) is 0. The molecule has 0 amide bonds. The smallest absolute Gasteiger partial charge is 0.159 e. The summed E-state index contributed by atoms with van der Waals surface area (Å²) >= 11 is 0. The highest BCUT2D eigenvalue weighted by molar-refractivity contribution is 6.18. The van der Waals surface area contributed by atoms with E-state index in [1.54, 1.807) is 0 Å². The number of hydrogen-bond donors (Lipinski definition) is 0. The van der Waals surface area contributed by atoms with Crippen LogP contribution in [-0.4, -0.2) is 0 Å². The lowest BCUT2D eigenvalue weighted by Gasteiger charge is -2.25. The zero-order valence-electron chi connectivity index (χ0n) is 28.7. The van der Waals surface area contributed by atoms with Gasteiger partial charge in [-0.1, -0.05) is 140 Å². The highest BCUT2D eigenvalue weighted by Crippen LogP contribution is 2.45. The molecule has 0 unspecified atom stereocenters. The molecule has 0 aliphatic heterocycles. The molecule has 0 aliphatic rings. The second kappa shape index (κ2) is 11.7. The van der Waals surface area contributed by atoms with Crippen LogP contribution in [0.2, 0.25) is 0 Å². The molecule has 2 aromatic heterocycles. The monoisotopic (exact) mass is 677 g/mol. The fraction of sp³-hybridized carbons (Fsp3) is 0. The fourth-order valence-corrected chi connectivity index (χ4v) is 8.06. The van der Waals surface area contributed by atoms with Crippen LogP contribution >= 0.6 is 0 Å². The maximum absolute atomic E-state index is 6.89. The second-order valence-electron chi connectivity index (χ2n) is 13.7. The van der Waals surface area contributed by atoms with Crippen LogP contribution in [0.25, 0.3) is 87.7 Å². The fourth-order valence-electron chi connectivity index (χ4n) is 8.06. The third-order valence-corrected chi connectivity index (χ3v) is 10.6. The van der Waals surface area contributed by atoms with E-state index in [9.17, 15) is 0 Å². The molecule has 0 atom stereocenters. The first-order chi connectivity index (χ1) is 26.3. The van der Waals surface area contributed by atoms with Crippen LogP contribution in [0.4, 0.5) is 17.1 Å². The van der Waals surface area contributed by atoms with E-state index < -0.39 is 0 Å². The number of rotatable bonds is 5. The predicted molar refractivity (Wildman–Crippen MR) is 222 cm³/mol. The molecule has 0 saturated carbocycles. The summed E-state index contributed by atoms with van der Waals surface area (Å²) in [6, 6.07) is 66.6. The lowest BCUT2D eigenvalue weighted by Crippen LogP contribution is -2.10. The Bertz CT molecular complexity index is 3170. The Kier molecular flexibility index (Phi) is 6.55. The largest absolute Gasteiger partial charge is 0.455 e. The molecular formula is C50H31NO2. The van der Waals surface area contributed by atoms with Crippen molar-refractivity contribution in [3.05, 3.63) is 188 Å². The van der Waals surface area contributed by atoms with Gasteiger partial charge in [0.25, 0.3) is 0 Å². The number of hydrogen-bond acceptors (Lipinski definition) is 3. The lowest BCUT2D eigenvalue weighted by molar-refractivity contribution is 0.669. The van der Waals surface area contributed by atoms with Crippen molar-refractivity contribution < 1.29 is 8.83 Å². The van der Waals surface area contributed by atoms with Gasteiger partial charge in [0.05, 0.1) is 11.4 Å². The second-order valence-corrected chi connectivity index (χ2v) is 13.7. The molecule has 248 valence electrons. The van der Waals surface area contributed by atoms with Crippen LogP contribution in [0.15, 0.2) is 197 Å². The molecular weight excluding hydrogens is 647 g/mol. The van der Waals surface area contributed by atoms with Crippen LogP contribution < -0.4 is 4.90 Å². The van der Waals surface area contributed by atoms with E-state index in [1.165, 1.54) is 16.3 Å². The quantitative estimate of drug-likeness (QED) is 0.182. The van der Waals surface area contributed by atoms with E-state index in [1.807, 2.05) is 6.07 Å². The van der Waals surface area contributed by atoms with Gasteiger partial charge in [-0.2, -0.15) is 0 Å². The van der Waals surface area contributed by atoms with E-state index in [-0.39, 0.29) is 0 Å². The topological polar surface area (TPSA) is 29.5 Å². The van der Waals surface area contributed by atoms with Gasteiger partial charge in [-0.25, -0.2) is 0 Å². The predicted octanol–water partition coefficient (Wildman–Crippen LogP) is 14.6. The summed E-state index contributed by atoms with van der Waals surface area (Å²) in [6.07, 6.45) is 0. The molecule has 9 aromatic carbocycles. The molecule has 53 heavy (non-hydrogen) atoms. The summed E-state index contributed by atoms with van der Waals surface area (Å²) < 4.78 is 13.6. The van der Waals surface area contributed by atoms with Gasteiger partial charge in [0.1, 0.15) is 16.7 Å². The number of anilines is 3. The Morgan fingerprint density at radius 3 is 1.83 bits per heavy atom. The SMILES string of the molecule is c1ccc(-c2cccc3c2oc2cc(N(c4ccc(-c5ccc6ccccc6c5)cc4)c4cccc5c4oc4c6ccccc6ccc54)ccc23)cc1. The first-order valence-electron chi connectivity index (χ1n) is 18.0. The van der Waals surface area contributed by atoms with Gasteiger partial charge in [0, 0.05) is 44.2 Å². The summed E-state index contributed by atoms with van der Waals surface area (Å²) in [4.78, 5) is 2.29. The maximum Gasteiger partial charge on any atom is 0.159 e. The molecule has 3 nitrogen and oxygen atoms in total. The Balaban J connectivity index is 1.11. The minimum atomic E-state index is 0.835. The Labute approximate surface area is 305 Å². The molecule has 11 rings (SSSR count). The van der Waals surface area contributed by atoms with Crippen molar-refractivity contribution in [1.29, 1.82) is 0 Å². The molecule has 0 N–H and O–H groups in total. The highest BCUT2D eigenvalue weighted by atomic mass is 16.3. The highest BCUT2D eigenvalue weighted by Gasteiger charge is 2.22. The summed E-state index contributed by atoms with van der Waals surface area (Å²) in [6.45, 7) is 0. The van der Waals surface area contributed by atoms with Gasteiger partial charge in [0.15, 0.2) is 5.58 Å². The van der Waals surface area contributed by atoms with Gasteiger partial charge in [0.2, 0.25) is 0 Å². The average Bonchev–Trinajstić information content (AvgIpc) is 3.80. The number of furan rings is 2. The Hall–Kier alpha value is -7.10. The van der Waals surface area contributed by atoms with E-state index >= 15 is 0 Å². The zero-order chi connectivity index (χ0) is 34.9. The van der Waals surface area contributed by atoms with Gasteiger partial charge >= 0.3 is 0 Å². The van der Waals surface area contributed by atoms with Crippen molar-refractivity contribution in [2.24, 2.45) is 0 Å². The van der Waals surface area contributed by atoms with Crippen molar-refractivity contribution in [2.45, 2.75) is 0 Å². The van der Waals surface area contributed by atoms with Crippen molar-refractivity contribution in [3.63, 3.8) is 0 Å². The number of fused-ring (bicyclic) bond motifs is 9. The third-order valence-electron chi connectivity index (χ3n) is 10.6. The number of benzene rings is 9. The summed E-state index contributed by atoms with van der Waals surface area (Å²) in [5.74, 6) is 0. The lowest BCUT2D eigenvalue weighted by atomic mass is 10.0. The Morgan fingerprint density at radius 1 is 0.321 bits per heavy atom. The average molecular weight is 678 g/mol. The molecule has 0 bridgehead atoms. The van der Waals surface area contributed by atoms with Crippen molar-refractivity contribution in [1.82, 2.24) is 0 Å². The van der Waals surface area contributed by atoms with Crippen molar-refractivity contribution in [2.75, 3.05) is 4.90 Å². The zero-order valence-corrected chi connectivity index (χ0v) is 28.7. The van der Waals surface area contributed by atoms with Crippen LogP contribution in [0.5, 0.6) is 0 Å². The normalized spacial score (nSPS) is 11.8. The first kappa shape index (κ1) is 29.6. The van der Waals surface area contributed by atoms with Gasteiger partial charge in [-0.05, 0) is 75.3 Å². The first-order valence-corrected chi connectivity index (χ1v) is 18.0. The van der Waals surface area contributed by atoms with Gasteiger partial charge < -0.3 is 13.7 Å². The van der Waals surface area contributed by atoms with E-state index in [0.717, 1.165) is 88.4 Å². The molecule has 2 heterocycles. The Morgan fingerprint density at radius 2 is 0.962 bits per heavy atom. The minimum absolute atomic E-state index is 0.835. The van der Waals surface area contributed by atoms with Crippen molar-refractivity contribution >= 4 is 82.5 Å². The van der Waals surface area contributed by atoms with Crippen LogP contribution in [-0.2, 0) is 0 Å². The molecule has 11 aromatic rings. The molecule has 0 saturated heterocycles. The third kappa shape index (κ3) is 4.75. The summed E-state index contributed by atoms with van der Waals surface area (Å²) in [5.41, 5.74) is 11.0. The van der Waals surface area contributed by atoms with Crippen LogP contribution in [0.1, 0.15) is 0 Å². The number of nitrogens with zero attached hydrogens (tertiary/aromatic N) is 1. The molecule has 0 spiro atoms. The van der Waals surface area contributed by atoms with Crippen LogP contribution in [0.3, 0.4) is 0 Å². The molecule has 0 fully saturated rings. The molecule has 0 radical (unpaired) electrons. The molecule has 0 aliphatic carbocycles. The molecule has 3 heteroatoms. The standard InChI is InChI=1S/C50H31NO2/c1-2-11-34(12-3-1)41-16-8-17-43-42-29-27-39(31-47(42)52-48(41)43)51(38-25-22-33(23-26-38)37-21-20-32-10-4-5-14-36(32)30-37)46-19-9-18-44-45-28-24-35-13-6-7-15-40(35)49(45)53-50(44)46/h1-31H. The maximum atomic E-state index is 6.89.